The number of benzene rings is 1. The van der Waals surface area contributed by atoms with Gasteiger partial charge in [0.15, 0.2) is 12.6 Å². The van der Waals surface area contributed by atoms with Crippen molar-refractivity contribution in [2.75, 3.05) is 92.2 Å². The Morgan fingerprint density at radius 2 is 1.49 bits per heavy atom. The first-order valence-electron chi connectivity index (χ1n) is 32.7. The lowest BCUT2D eigenvalue weighted by Gasteiger charge is -2.48. The molecule has 24 nitrogen and oxygen atoms in total. The smallest absolute Gasteiger partial charge is 0.341 e. The summed E-state index contributed by atoms with van der Waals surface area (Å²) in [5, 5.41) is 95.0. The largest absolute Gasteiger partial charge is 0.477 e. The summed E-state index contributed by atoms with van der Waals surface area (Å²) in [7, 11) is 7.12. The van der Waals surface area contributed by atoms with Gasteiger partial charge >= 0.3 is 11.9 Å². The number of hydrogen-bond acceptors (Lipinski definition) is 22. The van der Waals surface area contributed by atoms with E-state index in [2.05, 4.69) is 16.0 Å². The van der Waals surface area contributed by atoms with E-state index in [-0.39, 0.29) is 79.6 Å². The molecule has 0 radical (unpaired) electrons. The van der Waals surface area contributed by atoms with Gasteiger partial charge in [0, 0.05) is 107 Å². The van der Waals surface area contributed by atoms with Gasteiger partial charge in [0.2, 0.25) is 5.43 Å². The molecule has 4 aliphatic heterocycles. The Morgan fingerprint density at radius 3 is 2.01 bits per heavy atom. The summed E-state index contributed by atoms with van der Waals surface area (Å²) in [5.74, 6) is -4.34. The molecule has 4 saturated heterocycles. The van der Waals surface area contributed by atoms with Crippen molar-refractivity contribution in [2.24, 2.45) is 17.8 Å². The van der Waals surface area contributed by atoms with Crippen LogP contribution in [-0.2, 0) is 33.2 Å². The fourth-order valence-corrected chi connectivity index (χ4v) is 13.3. The summed E-state index contributed by atoms with van der Waals surface area (Å²) >= 11 is 0. The van der Waals surface area contributed by atoms with Crippen molar-refractivity contribution < 1.29 is 83.3 Å². The second kappa shape index (κ2) is 34.2. The molecule has 1 aromatic carbocycles. The minimum Gasteiger partial charge on any atom is -0.477 e. The van der Waals surface area contributed by atoms with Gasteiger partial charge in [-0.2, -0.15) is 0 Å². The van der Waals surface area contributed by atoms with Gasteiger partial charge in [-0.1, -0.05) is 34.6 Å². The van der Waals surface area contributed by atoms with E-state index in [0.29, 0.717) is 37.3 Å². The minimum atomic E-state index is -1.80. The number of nitrogens with zero attached hydrogens (tertiary/aromatic N) is 4. The third-order valence-corrected chi connectivity index (χ3v) is 19.4. The second-order valence-electron chi connectivity index (χ2n) is 27.0. The number of halogens is 1. The highest BCUT2D eigenvalue weighted by atomic mass is 19.1. The molecule has 5 heterocycles. The number of aliphatic hydroxyl groups excluding tert-OH is 5. The average molecular weight is 1280 g/mol. The predicted molar refractivity (Wildman–Crippen MR) is 341 cm³/mol. The predicted octanol–water partition coefficient (Wildman–Crippen LogP) is 3.19. The van der Waals surface area contributed by atoms with E-state index in [1.807, 2.05) is 75.0 Å². The molecule has 2 aromatic rings. The van der Waals surface area contributed by atoms with Crippen LogP contribution in [0.1, 0.15) is 151 Å². The zero-order valence-corrected chi connectivity index (χ0v) is 56.6. The molecule has 2 unspecified atom stereocenters. The SMILES string of the molecule is CCC(CO)NCCNC(CC)CO.CC[C@H]1OC(=O)[C@H](C)[C@@H](O[C@H]2C[C@@](C)(OC)[C@@H](O)[C@H](C)O2)[C@H](C)[C@@H](O[C@@H]2O[C@H](C)C[C@H](N(C)C)[C@H]2O)[C@](C)(O)C[C@@H](C)CN(C)[C@H](C)[C@@H](O)[C@]1(C)O.O=C(O)c1cn(C2CC2)c2cc(N3CCNCC3)c(F)cc2c1=O. The Hall–Kier alpha value is -3.58. The third-order valence-electron chi connectivity index (χ3n) is 19.4. The molecule has 1 saturated carbocycles. The molecule has 20 atom stereocenters. The third kappa shape index (κ3) is 19.5. The van der Waals surface area contributed by atoms with Gasteiger partial charge in [-0.05, 0) is 133 Å². The maximum absolute atomic E-state index is 14.6. The number of carbonyl (C=O) groups excluding carboxylic acids is 1. The van der Waals surface area contributed by atoms with Crippen LogP contribution in [0.4, 0.5) is 10.1 Å². The van der Waals surface area contributed by atoms with E-state index in [0.717, 1.165) is 51.9 Å². The van der Waals surface area contributed by atoms with E-state index in [4.69, 9.17) is 38.6 Å². The number of carboxylic acids is 1. The van der Waals surface area contributed by atoms with Gasteiger partial charge in [-0.25, -0.2) is 9.18 Å². The molecular weight excluding hydrogens is 1170 g/mol. The van der Waals surface area contributed by atoms with Crippen LogP contribution in [0.2, 0.25) is 0 Å². The van der Waals surface area contributed by atoms with Gasteiger partial charge in [0.1, 0.15) is 41.4 Å². The number of carboxylic acid groups (broad SMARTS) is 1. The number of ether oxygens (including phenoxy) is 6. The number of rotatable bonds is 19. The molecule has 5 aliphatic rings. The van der Waals surface area contributed by atoms with Crippen molar-refractivity contribution in [3.8, 4) is 0 Å². The van der Waals surface area contributed by atoms with Crippen LogP contribution in [0.5, 0.6) is 0 Å². The van der Waals surface area contributed by atoms with Crippen molar-refractivity contribution in [3.63, 3.8) is 0 Å². The first-order valence-corrected chi connectivity index (χ1v) is 32.7. The molecule has 518 valence electrons. The highest BCUT2D eigenvalue weighted by molar-refractivity contribution is 5.93. The Kier molecular flexibility index (Phi) is 29.3. The summed E-state index contributed by atoms with van der Waals surface area (Å²) in [4.78, 5) is 43.8. The van der Waals surface area contributed by atoms with Crippen molar-refractivity contribution in [2.45, 2.75) is 243 Å². The fraction of sp³-hybridized carbons (Fsp3) is 0.831. The molecule has 90 heavy (non-hydrogen) atoms. The Labute approximate surface area is 533 Å². The Balaban J connectivity index is 0.000000314. The standard InChI is InChI=1S/C38H72N2O12.C17H18FN3O3.C10H24N2O2/c1-15-27-38(10,46)31(42)24(6)40(13)19-20(2)17-36(8,45)33(52-35-29(41)26(39(11)12)16-21(3)48-35)22(4)30(23(5)34(44)50-27)51-28-18-37(9,47-14)32(43)25(7)49-28;18-13-7-11-14(8-15(13)20-5-3-19-4-6-20)21(10-1-2-10)9-12(16(11)22)17(23)24;1-3-9(7-13)11-5-6-12-10(4-2)8-14/h20-33,35,41-43,45-46H,15-19H2,1-14H3;7-10,19H,1-6H2,(H,23,24);9-14H,3-8H2,1-2H3/t20-,21-,22+,23-,24-,25+,26+,27-,28+,29-,30+,31-,32+,33-,35+,36-,37-,38-;;/m1../s1. The van der Waals surface area contributed by atoms with Gasteiger partial charge in [-0.15, -0.1) is 0 Å². The number of nitrogens with one attached hydrogen (secondary N) is 3. The number of aromatic carboxylic acids is 1. The number of cyclic esters (lactones) is 1. The van der Waals surface area contributed by atoms with E-state index in [9.17, 15) is 49.4 Å². The summed E-state index contributed by atoms with van der Waals surface area (Å²) < 4.78 is 54.0. The highest BCUT2D eigenvalue weighted by Crippen LogP contribution is 2.41. The van der Waals surface area contributed by atoms with E-state index >= 15 is 0 Å². The van der Waals surface area contributed by atoms with Crippen molar-refractivity contribution in [3.05, 3.63) is 39.9 Å². The topological polar surface area (TPSA) is 319 Å². The second-order valence-corrected chi connectivity index (χ2v) is 27.0. The van der Waals surface area contributed by atoms with E-state index in [1.54, 1.807) is 47.6 Å². The van der Waals surface area contributed by atoms with Crippen LogP contribution in [-0.4, -0.2) is 257 Å². The lowest BCUT2D eigenvalue weighted by atomic mass is 9.77. The molecule has 25 heteroatoms. The summed E-state index contributed by atoms with van der Waals surface area (Å²) in [6, 6.07) is 2.67. The lowest BCUT2D eigenvalue weighted by Crippen LogP contribution is -2.60. The van der Waals surface area contributed by atoms with Gasteiger partial charge in [0.05, 0.1) is 66.0 Å². The van der Waals surface area contributed by atoms with E-state index < -0.39 is 113 Å². The number of aliphatic hydroxyl groups is 7. The average Bonchev–Trinajstić information content (AvgIpc) is 1.31. The lowest BCUT2D eigenvalue weighted by molar-refractivity contribution is -0.318. The molecular formula is C65H114FN7O17. The first kappa shape index (κ1) is 77.1. The van der Waals surface area contributed by atoms with Crippen molar-refractivity contribution in [1.29, 1.82) is 0 Å². The molecule has 0 amide bonds. The molecule has 0 spiro atoms. The molecule has 1 aromatic heterocycles. The molecule has 5 fully saturated rings. The highest BCUT2D eigenvalue weighted by Gasteiger charge is 2.53. The van der Waals surface area contributed by atoms with Crippen LogP contribution in [0.25, 0.3) is 10.9 Å². The number of pyridine rings is 1. The number of aromatic nitrogens is 1. The normalized spacial score (nSPS) is 35.9. The van der Waals surface area contributed by atoms with Gasteiger partial charge < -0.3 is 104 Å². The Bertz CT molecular complexity index is 2590. The Morgan fingerprint density at radius 1 is 0.889 bits per heavy atom. The van der Waals surface area contributed by atoms with Crippen LogP contribution in [0, 0.1) is 23.6 Å². The number of anilines is 1. The van der Waals surface area contributed by atoms with Crippen LogP contribution in [0.15, 0.2) is 23.1 Å². The number of hydrogen-bond donors (Lipinski definition) is 11. The molecule has 7 rings (SSSR count). The van der Waals surface area contributed by atoms with Gasteiger partial charge in [0.25, 0.3) is 0 Å². The maximum Gasteiger partial charge on any atom is 0.341 e. The summed E-state index contributed by atoms with van der Waals surface area (Å²) in [6.45, 7) is 27.1. The summed E-state index contributed by atoms with van der Waals surface area (Å²) in [6.07, 6.45) is -3.02. The molecule has 1 aliphatic carbocycles. The first-order chi connectivity index (χ1) is 42.2. The number of esters is 1. The van der Waals surface area contributed by atoms with Crippen molar-refractivity contribution in [1.82, 2.24) is 30.3 Å². The van der Waals surface area contributed by atoms with Crippen LogP contribution < -0.4 is 26.3 Å². The zero-order valence-electron chi connectivity index (χ0n) is 56.6. The molecule has 11 N–H and O–H groups in total. The number of fused-ring (bicyclic) bond motifs is 1. The fourth-order valence-electron chi connectivity index (χ4n) is 13.3. The zero-order chi connectivity index (χ0) is 67.3. The minimum absolute atomic E-state index is 0.133. The van der Waals surface area contributed by atoms with Gasteiger partial charge in [-0.3, -0.25) is 9.59 Å². The number of methoxy groups -OCH3 is 1. The van der Waals surface area contributed by atoms with Crippen LogP contribution in [0.3, 0.4) is 0 Å². The number of carbonyl (C=O) groups is 2. The number of likely N-dealkylation sites (N-methyl/N-ethyl adjacent to an activating group) is 2. The number of piperazine rings is 1. The monoisotopic (exact) mass is 1280 g/mol. The molecule has 0 bridgehead atoms. The quantitative estimate of drug-likeness (QED) is 0.0711. The maximum atomic E-state index is 14.6. The van der Waals surface area contributed by atoms with E-state index in [1.165, 1.54) is 26.3 Å². The summed E-state index contributed by atoms with van der Waals surface area (Å²) in [5.41, 5.74) is -4.21. The van der Waals surface area contributed by atoms with Crippen molar-refractivity contribution >= 4 is 28.5 Å². The van der Waals surface area contributed by atoms with Crippen LogP contribution >= 0.6 is 0 Å².